The number of aryl methyl sites for hydroxylation is 1. The van der Waals surface area contributed by atoms with Crippen molar-refractivity contribution in [2.24, 2.45) is 0 Å². The third-order valence-corrected chi connectivity index (χ3v) is 5.48. The highest BCUT2D eigenvalue weighted by Crippen LogP contribution is 2.40. The van der Waals surface area contributed by atoms with Gasteiger partial charge in [-0.1, -0.05) is 6.07 Å². The predicted molar refractivity (Wildman–Crippen MR) is 113 cm³/mol. The first-order chi connectivity index (χ1) is 15.1. The SMILES string of the molecule is COc1ccc(CN2CCC[C@H](c3nnc(-c4cnc(C)cn4)o3)C2)c(OC)c1OC. The van der Waals surface area contributed by atoms with Gasteiger partial charge in [0.05, 0.1) is 39.1 Å². The number of piperidine rings is 1. The third kappa shape index (κ3) is 4.46. The Hall–Kier alpha value is -3.20. The van der Waals surface area contributed by atoms with Crippen LogP contribution in [0, 0.1) is 6.92 Å². The van der Waals surface area contributed by atoms with E-state index in [4.69, 9.17) is 18.6 Å². The van der Waals surface area contributed by atoms with E-state index < -0.39 is 0 Å². The van der Waals surface area contributed by atoms with Crippen LogP contribution in [0.3, 0.4) is 0 Å². The summed E-state index contributed by atoms with van der Waals surface area (Å²) in [5.74, 6) is 3.16. The van der Waals surface area contributed by atoms with Crippen LogP contribution in [-0.2, 0) is 6.54 Å². The highest BCUT2D eigenvalue weighted by Gasteiger charge is 2.27. The number of benzene rings is 1. The van der Waals surface area contributed by atoms with E-state index in [1.54, 1.807) is 33.7 Å². The molecule has 1 atom stereocenters. The number of nitrogens with zero attached hydrogens (tertiary/aromatic N) is 5. The van der Waals surface area contributed by atoms with Gasteiger partial charge in [-0.25, -0.2) is 4.98 Å². The predicted octanol–water partition coefficient (Wildman–Crippen LogP) is 3.24. The summed E-state index contributed by atoms with van der Waals surface area (Å²) in [5.41, 5.74) is 2.48. The molecule has 0 amide bonds. The lowest BCUT2D eigenvalue weighted by molar-refractivity contribution is 0.184. The number of likely N-dealkylation sites (tertiary alicyclic amines) is 1. The molecule has 164 valence electrons. The molecule has 0 saturated carbocycles. The van der Waals surface area contributed by atoms with E-state index in [2.05, 4.69) is 25.1 Å². The highest BCUT2D eigenvalue weighted by molar-refractivity contribution is 5.55. The summed E-state index contributed by atoms with van der Waals surface area (Å²) < 4.78 is 22.5. The maximum atomic E-state index is 5.95. The van der Waals surface area contributed by atoms with Gasteiger partial charge in [0.1, 0.15) is 5.69 Å². The molecule has 0 unspecified atom stereocenters. The molecule has 1 fully saturated rings. The Kier molecular flexibility index (Phi) is 6.31. The molecule has 3 heterocycles. The van der Waals surface area contributed by atoms with Crippen molar-refractivity contribution < 1.29 is 18.6 Å². The fraction of sp³-hybridized carbons (Fsp3) is 0.455. The molecule has 2 aromatic heterocycles. The van der Waals surface area contributed by atoms with E-state index >= 15 is 0 Å². The molecule has 1 aliphatic rings. The van der Waals surface area contributed by atoms with Gasteiger partial charge in [-0.3, -0.25) is 9.88 Å². The first-order valence-electron chi connectivity index (χ1n) is 10.3. The van der Waals surface area contributed by atoms with Gasteiger partial charge < -0.3 is 18.6 Å². The summed E-state index contributed by atoms with van der Waals surface area (Å²) in [5, 5.41) is 8.47. The lowest BCUT2D eigenvalue weighted by Gasteiger charge is -2.31. The molecule has 1 aliphatic heterocycles. The van der Waals surface area contributed by atoms with Gasteiger partial charge in [0.2, 0.25) is 11.6 Å². The number of ether oxygens (including phenoxy) is 3. The van der Waals surface area contributed by atoms with Crippen molar-refractivity contribution in [1.82, 2.24) is 25.1 Å². The van der Waals surface area contributed by atoms with E-state index in [-0.39, 0.29) is 5.92 Å². The molecule has 1 saturated heterocycles. The summed E-state index contributed by atoms with van der Waals surface area (Å²) in [6.45, 7) is 4.42. The minimum atomic E-state index is 0.166. The van der Waals surface area contributed by atoms with Gasteiger partial charge in [0.25, 0.3) is 5.89 Å². The van der Waals surface area contributed by atoms with Crippen molar-refractivity contribution in [2.45, 2.75) is 32.2 Å². The Bertz CT molecular complexity index is 1020. The number of hydrogen-bond acceptors (Lipinski definition) is 9. The zero-order valence-electron chi connectivity index (χ0n) is 18.3. The van der Waals surface area contributed by atoms with Gasteiger partial charge in [0, 0.05) is 24.8 Å². The standard InChI is InChI=1S/C22H27N5O4/c1-14-10-24-17(11-23-14)22-26-25-21(31-22)16-6-5-9-27(13-16)12-15-7-8-18(28-2)20(30-4)19(15)29-3/h7-8,10-11,16H,5-6,9,12-13H2,1-4H3/t16-/m0/s1. The Morgan fingerprint density at radius 3 is 2.58 bits per heavy atom. The van der Waals surface area contributed by atoms with Crippen LogP contribution in [0.4, 0.5) is 0 Å². The average Bonchev–Trinajstić information content (AvgIpc) is 3.29. The summed E-state index contributed by atoms with van der Waals surface area (Å²) in [7, 11) is 4.88. The summed E-state index contributed by atoms with van der Waals surface area (Å²) in [4.78, 5) is 10.9. The lowest BCUT2D eigenvalue weighted by Crippen LogP contribution is -2.34. The van der Waals surface area contributed by atoms with E-state index in [0.717, 1.165) is 43.7 Å². The first kappa shape index (κ1) is 21.0. The van der Waals surface area contributed by atoms with Crippen LogP contribution in [0.25, 0.3) is 11.6 Å². The molecular weight excluding hydrogens is 398 g/mol. The molecule has 4 rings (SSSR count). The summed E-state index contributed by atoms with van der Waals surface area (Å²) in [6.07, 6.45) is 5.39. The fourth-order valence-electron chi connectivity index (χ4n) is 3.94. The highest BCUT2D eigenvalue weighted by atomic mass is 16.5. The Morgan fingerprint density at radius 2 is 1.87 bits per heavy atom. The van der Waals surface area contributed by atoms with Crippen LogP contribution in [0.5, 0.6) is 17.2 Å². The Labute approximate surface area is 181 Å². The minimum Gasteiger partial charge on any atom is -0.493 e. The molecular formula is C22H27N5O4. The van der Waals surface area contributed by atoms with Gasteiger partial charge in [-0.15, -0.1) is 10.2 Å². The summed E-state index contributed by atoms with van der Waals surface area (Å²) in [6, 6.07) is 3.93. The van der Waals surface area contributed by atoms with Crippen LogP contribution < -0.4 is 14.2 Å². The number of hydrogen-bond donors (Lipinski definition) is 0. The normalized spacial score (nSPS) is 16.8. The van der Waals surface area contributed by atoms with Crippen molar-refractivity contribution in [3.63, 3.8) is 0 Å². The fourth-order valence-corrected chi connectivity index (χ4v) is 3.94. The molecule has 0 bridgehead atoms. The van der Waals surface area contributed by atoms with Crippen LogP contribution in [0.15, 0.2) is 28.9 Å². The molecule has 9 nitrogen and oxygen atoms in total. The first-order valence-corrected chi connectivity index (χ1v) is 10.3. The second-order valence-electron chi connectivity index (χ2n) is 7.56. The maximum Gasteiger partial charge on any atom is 0.267 e. The van der Waals surface area contributed by atoms with Crippen LogP contribution in [-0.4, -0.2) is 59.5 Å². The quantitative estimate of drug-likeness (QED) is 0.565. The van der Waals surface area contributed by atoms with E-state index in [0.29, 0.717) is 34.7 Å². The van der Waals surface area contributed by atoms with Gasteiger partial charge in [-0.2, -0.15) is 0 Å². The van der Waals surface area contributed by atoms with Gasteiger partial charge >= 0.3 is 0 Å². The van der Waals surface area contributed by atoms with E-state index in [1.807, 2.05) is 19.1 Å². The summed E-state index contributed by atoms with van der Waals surface area (Å²) >= 11 is 0. The minimum absolute atomic E-state index is 0.166. The van der Waals surface area contributed by atoms with Crippen molar-refractivity contribution in [2.75, 3.05) is 34.4 Å². The number of aromatic nitrogens is 4. The van der Waals surface area contributed by atoms with Crippen molar-refractivity contribution in [3.05, 3.63) is 41.7 Å². The Morgan fingerprint density at radius 1 is 1.03 bits per heavy atom. The topological polar surface area (TPSA) is 95.6 Å². The largest absolute Gasteiger partial charge is 0.493 e. The van der Waals surface area contributed by atoms with Crippen LogP contribution in [0.2, 0.25) is 0 Å². The van der Waals surface area contributed by atoms with Gasteiger partial charge in [-0.05, 0) is 32.4 Å². The zero-order valence-corrected chi connectivity index (χ0v) is 18.3. The van der Waals surface area contributed by atoms with Crippen molar-refractivity contribution in [1.29, 1.82) is 0 Å². The van der Waals surface area contributed by atoms with Gasteiger partial charge in [0.15, 0.2) is 11.5 Å². The Balaban J connectivity index is 1.49. The van der Waals surface area contributed by atoms with E-state index in [9.17, 15) is 0 Å². The molecule has 9 heteroatoms. The molecule has 0 N–H and O–H groups in total. The molecule has 0 spiro atoms. The van der Waals surface area contributed by atoms with Crippen LogP contribution in [0.1, 0.15) is 35.9 Å². The number of rotatable bonds is 7. The monoisotopic (exact) mass is 425 g/mol. The number of methoxy groups -OCH3 is 3. The zero-order chi connectivity index (χ0) is 21.8. The molecule has 1 aromatic carbocycles. The lowest BCUT2D eigenvalue weighted by atomic mass is 9.97. The van der Waals surface area contributed by atoms with E-state index in [1.165, 1.54) is 0 Å². The third-order valence-electron chi connectivity index (χ3n) is 5.48. The van der Waals surface area contributed by atoms with Crippen molar-refractivity contribution in [3.8, 4) is 28.8 Å². The van der Waals surface area contributed by atoms with Crippen molar-refractivity contribution >= 4 is 0 Å². The molecule has 31 heavy (non-hydrogen) atoms. The molecule has 0 radical (unpaired) electrons. The maximum absolute atomic E-state index is 5.95. The second-order valence-corrected chi connectivity index (χ2v) is 7.56. The average molecular weight is 425 g/mol. The smallest absolute Gasteiger partial charge is 0.267 e. The molecule has 0 aliphatic carbocycles. The van der Waals surface area contributed by atoms with Crippen LogP contribution >= 0.6 is 0 Å². The molecule has 3 aromatic rings. The second kappa shape index (κ2) is 9.30.